The molecule has 30 heavy (non-hydrogen) atoms. The highest BCUT2D eigenvalue weighted by Crippen LogP contribution is 2.28. The molecule has 0 aliphatic heterocycles. The average molecular weight is 428 g/mol. The molecule has 1 aromatic heterocycles. The molecule has 0 spiro atoms. The molecule has 1 heterocycles. The predicted octanol–water partition coefficient (Wildman–Crippen LogP) is 4.53. The van der Waals surface area contributed by atoms with Crippen molar-refractivity contribution >= 4 is 28.6 Å². The minimum atomic E-state index is -0.345. The Balaban J connectivity index is 1.60. The van der Waals surface area contributed by atoms with Crippen LogP contribution in [0.15, 0.2) is 51.9 Å². The second kappa shape index (κ2) is 9.53. The van der Waals surface area contributed by atoms with E-state index in [2.05, 4.69) is 15.5 Å². The summed E-state index contributed by atoms with van der Waals surface area (Å²) >= 11 is 1.04. The molecule has 2 amide bonds. The van der Waals surface area contributed by atoms with E-state index in [0.29, 0.717) is 21.7 Å². The number of para-hydroxylation sites is 1. The third-order valence-corrected chi connectivity index (χ3v) is 5.30. The molecule has 9 heteroatoms. The van der Waals surface area contributed by atoms with E-state index in [9.17, 15) is 14.0 Å². The molecular weight excluding hydrogens is 407 g/mol. The Hall–Kier alpha value is -3.20. The number of anilines is 1. The van der Waals surface area contributed by atoms with E-state index in [4.69, 9.17) is 4.52 Å². The Bertz CT molecular complexity index is 1070. The van der Waals surface area contributed by atoms with E-state index >= 15 is 0 Å². The molecule has 0 aliphatic rings. The molecule has 0 saturated heterocycles. The van der Waals surface area contributed by atoms with Crippen molar-refractivity contribution in [3.63, 3.8) is 0 Å². The quantitative estimate of drug-likeness (QED) is 0.581. The molecular formula is C21H21FN4O3S. The maximum atomic E-state index is 13.7. The molecule has 156 valence electrons. The van der Waals surface area contributed by atoms with Gasteiger partial charge in [0.2, 0.25) is 17.6 Å². The van der Waals surface area contributed by atoms with E-state index in [1.54, 1.807) is 57.4 Å². The van der Waals surface area contributed by atoms with Crippen molar-refractivity contribution in [1.82, 2.24) is 15.0 Å². The minimum Gasteiger partial charge on any atom is -0.339 e. The smallest absolute Gasteiger partial charge is 0.286 e. The number of halogens is 1. The molecule has 0 atom stereocenters. The van der Waals surface area contributed by atoms with E-state index in [1.807, 2.05) is 0 Å². The van der Waals surface area contributed by atoms with Gasteiger partial charge < -0.3 is 14.7 Å². The number of hydrogen-bond donors (Lipinski definition) is 1. The summed E-state index contributed by atoms with van der Waals surface area (Å²) in [4.78, 5) is 30.7. The highest BCUT2D eigenvalue weighted by Gasteiger charge is 2.15. The van der Waals surface area contributed by atoms with Crippen molar-refractivity contribution in [2.24, 2.45) is 0 Å². The molecule has 7 nitrogen and oxygen atoms in total. The first-order valence-corrected chi connectivity index (χ1v) is 10.0. The number of aryl methyl sites for hydroxylation is 2. The van der Waals surface area contributed by atoms with Crippen molar-refractivity contribution in [3.05, 3.63) is 59.7 Å². The van der Waals surface area contributed by atoms with Gasteiger partial charge in [-0.25, -0.2) is 4.39 Å². The number of nitrogens with one attached hydrogen (secondary N) is 1. The van der Waals surface area contributed by atoms with E-state index in [-0.39, 0.29) is 41.5 Å². The summed E-state index contributed by atoms with van der Waals surface area (Å²) in [7, 11) is 3.33. The molecule has 0 bridgehead atoms. The van der Waals surface area contributed by atoms with E-state index < -0.39 is 0 Å². The summed E-state index contributed by atoms with van der Waals surface area (Å²) in [6.45, 7) is 1.67. The van der Waals surface area contributed by atoms with Gasteiger partial charge in [-0.15, -0.1) is 0 Å². The van der Waals surface area contributed by atoms with Crippen LogP contribution < -0.4 is 5.32 Å². The van der Waals surface area contributed by atoms with E-state index in [0.717, 1.165) is 11.8 Å². The lowest BCUT2D eigenvalue weighted by atomic mass is 10.1. The second-order valence-electron chi connectivity index (χ2n) is 6.78. The van der Waals surface area contributed by atoms with Crippen LogP contribution in [0.1, 0.15) is 17.9 Å². The van der Waals surface area contributed by atoms with Gasteiger partial charge in [0.1, 0.15) is 5.82 Å². The Morgan fingerprint density at radius 2 is 1.97 bits per heavy atom. The summed E-state index contributed by atoms with van der Waals surface area (Å²) in [5.74, 6) is -0.0381. The van der Waals surface area contributed by atoms with Crippen LogP contribution in [0.3, 0.4) is 0 Å². The summed E-state index contributed by atoms with van der Waals surface area (Å²) in [6, 6.07) is 11.8. The van der Waals surface area contributed by atoms with Crippen molar-refractivity contribution in [2.45, 2.75) is 24.7 Å². The molecule has 0 saturated carbocycles. The lowest BCUT2D eigenvalue weighted by Gasteiger charge is -2.12. The molecule has 0 fully saturated rings. The van der Waals surface area contributed by atoms with Gasteiger partial charge in [0.25, 0.3) is 5.24 Å². The fourth-order valence-electron chi connectivity index (χ4n) is 2.48. The van der Waals surface area contributed by atoms with Crippen LogP contribution in [0.4, 0.5) is 14.9 Å². The Morgan fingerprint density at radius 1 is 1.20 bits per heavy atom. The van der Waals surface area contributed by atoms with Crippen molar-refractivity contribution in [1.29, 1.82) is 0 Å². The normalized spacial score (nSPS) is 10.7. The molecule has 3 aromatic rings. The Labute approximate surface area is 177 Å². The highest BCUT2D eigenvalue weighted by atomic mass is 32.2. The minimum absolute atomic E-state index is 0.116. The zero-order chi connectivity index (χ0) is 21.7. The summed E-state index contributed by atoms with van der Waals surface area (Å²) in [5.41, 5.74) is 1.60. The number of aromatic nitrogens is 2. The van der Waals surface area contributed by atoms with Crippen LogP contribution in [0.25, 0.3) is 11.4 Å². The van der Waals surface area contributed by atoms with Crippen LogP contribution in [0.2, 0.25) is 0 Å². The summed E-state index contributed by atoms with van der Waals surface area (Å²) < 4.78 is 18.9. The standard InChI is InChI=1S/C21H21FN4O3S/c1-13-8-9-14(12-15(13)22)20-24-19(29-25-20)11-10-18(27)23-16-6-4-5-7-17(16)30-21(28)26(2)3/h4-9,12H,10-11H2,1-3H3,(H,23,27). The lowest BCUT2D eigenvalue weighted by molar-refractivity contribution is -0.116. The van der Waals surface area contributed by atoms with Gasteiger partial charge in [0.15, 0.2) is 0 Å². The van der Waals surface area contributed by atoms with Crippen molar-refractivity contribution < 1.29 is 18.5 Å². The topological polar surface area (TPSA) is 88.3 Å². The number of nitrogens with zero attached hydrogens (tertiary/aromatic N) is 3. The van der Waals surface area contributed by atoms with Gasteiger partial charge in [0.05, 0.1) is 5.69 Å². The fourth-order valence-corrected chi connectivity index (χ4v) is 3.23. The first kappa shape index (κ1) is 21.5. The predicted molar refractivity (Wildman–Crippen MR) is 113 cm³/mol. The van der Waals surface area contributed by atoms with Crippen molar-refractivity contribution in [2.75, 3.05) is 19.4 Å². The maximum Gasteiger partial charge on any atom is 0.286 e. The van der Waals surface area contributed by atoms with Crippen LogP contribution in [-0.4, -0.2) is 40.3 Å². The van der Waals surface area contributed by atoms with Crippen molar-refractivity contribution in [3.8, 4) is 11.4 Å². The summed E-state index contributed by atoms with van der Waals surface area (Å²) in [5, 5.41) is 6.52. The lowest BCUT2D eigenvalue weighted by Crippen LogP contribution is -2.17. The molecule has 0 unspecified atom stereocenters. The zero-order valence-corrected chi connectivity index (χ0v) is 17.6. The fraction of sp³-hybridized carbons (Fsp3) is 0.238. The molecule has 0 radical (unpaired) electrons. The van der Waals surface area contributed by atoms with Gasteiger partial charge in [0, 0.05) is 37.4 Å². The van der Waals surface area contributed by atoms with Gasteiger partial charge in [-0.2, -0.15) is 4.98 Å². The third-order valence-electron chi connectivity index (χ3n) is 4.19. The third kappa shape index (κ3) is 5.44. The highest BCUT2D eigenvalue weighted by molar-refractivity contribution is 8.13. The molecule has 3 rings (SSSR count). The second-order valence-corrected chi connectivity index (χ2v) is 7.78. The number of carbonyl (C=O) groups excluding carboxylic acids is 2. The summed E-state index contributed by atoms with van der Waals surface area (Å²) in [6.07, 6.45) is 0.351. The van der Waals surface area contributed by atoms with Crippen LogP contribution >= 0.6 is 11.8 Å². The number of benzene rings is 2. The largest absolute Gasteiger partial charge is 0.339 e. The number of rotatable bonds is 6. The van der Waals surface area contributed by atoms with Gasteiger partial charge in [-0.05, 0) is 42.4 Å². The first-order valence-electron chi connectivity index (χ1n) is 9.20. The Kier molecular flexibility index (Phi) is 6.83. The average Bonchev–Trinajstić information content (AvgIpc) is 3.19. The van der Waals surface area contributed by atoms with Crippen LogP contribution in [-0.2, 0) is 11.2 Å². The van der Waals surface area contributed by atoms with Crippen LogP contribution in [0, 0.1) is 12.7 Å². The number of thioether (sulfide) groups is 1. The van der Waals surface area contributed by atoms with Gasteiger partial charge in [-0.1, -0.05) is 29.4 Å². The zero-order valence-electron chi connectivity index (χ0n) is 16.8. The van der Waals surface area contributed by atoms with Crippen LogP contribution in [0.5, 0.6) is 0 Å². The number of hydrogen-bond acceptors (Lipinski definition) is 6. The molecule has 2 aromatic carbocycles. The Morgan fingerprint density at radius 3 is 2.70 bits per heavy atom. The SMILES string of the molecule is Cc1ccc(-c2noc(CCC(=O)Nc3ccccc3SC(=O)N(C)C)n2)cc1F. The number of amides is 2. The van der Waals surface area contributed by atoms with Gasteiger partial charge >= 0.3 is 0 Å². The monoisotopic (exact) mass is 428 g/mol. The molecule has 0 aliphatic carbocycles. The molecule has 1 N–H and O–H groups in total. The van der Waals surface area contributed by atoms with E-state index in [1.165, 1.54) is 11.0 Å². The number of carbonyl (C=O) groups is 2. The van der Waals surface area contributed by atoms with Gasteiger partial charge in [-0.3, -0.25) is 9.59 Å². The first-order chi connectivity index (χ1) is 14.3. The maximum absolute atomic E-state index is 13.7.